The average molecular weight is 282 g/mol. The van der Waals surface area contributed by atoms with Crippen molar-refractivity contribution in [3.63, 3.8) is 0 Å². The topological polar surface area (TPSA) is 50.7 Å². The highest BCUT2D eigenvalue weighted by atomic mass is 32.2. The average Bonchev–Trinajstić information content (AvgIpc) is 2.42. The van der Waals surface area contributed by atoms with Crippen LogP contribution in [0.5, 0.6) is 0 Å². The van der Waals surface area contributed by atoms with Crippen LogP contribution in [0.3, 0.4) is 0 Å². The van der Waals surface area contributed by atoms with E-state index in [2.05, 4.69) is 20.3 Å². The van der Waals surface area contributed by atoms with Gasteiger partial charge in [-0.1, -0.05) is 6.92 Å². The number of nitrogens with zero attached hydrogens (tertiary/aromatic N) is 3. The fourth-order valence-electron chi connectivity index (χ4n) is 1.33. The predicted molar refractivity (Wildman–Crippen MR) is 69.1 cm³/mol. The molecular formula is C12H12F2N4S. The summed E-state index contributed by atoms with van der Waals surface area (Å²) in [6.07, 6.45) is 3.74. The lowest BCUT2D eigenvalue weighted by atomic mass is 10.4. The van der Waals surface area contributed by atoms with Crippen molar-refractivity contribution in [1.82, 2.24) is 15.0 Å². The molecule has 0 spiro atoms. The molecule has 2 aromatic rings. The molecule has 0 aliphatic carbocycles. The molecule has 0 bridgehead atoms. The van der Waals surface area contributed by atoms with Crippen molar-refractivity contribution in [3.05, 3.63) is 36.3 Å². The van der Waals surface area contributed by atoms with Crippen LogP contribution in [0.4, 0.5) is 14.6 Å². The van der Waals surface area contributed by atoms with Gasteiger partial charge in [-0.2, -0.15) is 0 Å². The molecule has 2 aromatic heterocycles. The van der Waals surface area contributed by atoms with Gasteiger partial charge in [0.15, 0.2) is 17.5 Å². The van der Waals surface area contributed by atoms with Gasteiger partial charge in [0.25, 0.3) is 0 Å². The number of aromatic nitrogens is 3. The molecule has 0 fully saturated rings. The standard InChI is InChI=1S/C12H12F2N4S/c1-2-4-16-11-8(13)6-9(14)12(18-11)19-10-3-5-15-7-17-10/h3,5-7H,2,4H2,1H3,(H,16,18). The fraction of sp³-hybridized carbons (Fsp3) is 0.250. The molecule has 100 valence electrons. The quantitative estimate of drug-likeness (QED) is 0.854. The monoisotopic (exact) mass is 282 g/mol. The first kappa shape index (κ1) is 13.7. The fourth-order valence-corrected chi connectivity index (χ4v) is 2.05. The Morgan fingerprint density at radius 1 is 1.32 bits per heavy atom. The van der Waals surface area contributed by atoms with Crippen LogP contribution in [-0.2, 0) is 0 Å². The molecule has 7 heteroatoms. The van der Waals surface area contributed by atoms with E-state index in [4.69, 9.17) is 0 Å². The van der Waals surface area contributed by atoms with Crippen molar-refractivity contribution in [1.29, 1.82) is 0 Å². The number of rotatable bonds is 5. The number of anilines is 1. The van der Waals surface area contributed by atoms with Crippen LogP contribution in [0.25, 0.3) is 0 Å². The zero-order valence-corrected chi connectivity index (χ0v) is 11.0. The van der Waals surface area contributed by atoms with Gasteiger partial charge in [-0.15, -0.1) is 0 Å². The molecule has 0 radical (unpaired) electrons. The molecule has 0 unspecified atom stereocenters. The summed E-state index contributed by atoms with van der Waals surface area (Å²) in [6.45, 7) is 2.53. The third kappa shape index (κ3) is 3.60. The summed E-state index contributed by atoms with van der Waals surface area (Å²) in [5, 5.41) is 3.45. The van der Waals surface area contributed by atoms with E-state index < -0.39 is 11.6 Å². The zero-order valence-electron chi connectivity index (χ0n) is 10.2. The lowest BCUT2D eigenvalue weighted by molar-refractivity contribution is 0.551. The van der Waals surface area contributed by atoms with Gasteiger partial charge in [0.1, 0.15) is 16.4 Å². The second-order valence-electron chi connectivity index (χ2n) is 3.68. The molecule has 2 rings (SSSR count). The number of hydrogen-bond donors (Lipinski definition) is 1. The normalized spacial score (nSPS) is 10.5. The zero-order chi connectivity index (χ0) is 13.7. The Bertz CT molecular complexity index is 551. The molecule has 0 aliphatic heterocycles. The van der Waals surface area contributed by atoms with Gasteiger partial charge < -0.3 is 5.32 Å². The van der Waals surface area contributed by atoms with Crippen LogP contribution in [0, 0.1) is 11.6 Å². The van der Waals surface area contributed by atoms with Gasteiger partial charge in [0.05, 0.1) is 0 Å². The van der Waals surface area contributed by atoms with Gasteiger partial charge >= 0.3 is 0 Å². The van der Waals surface area contributed by atoms with Gasteiger partial charge in [-0.3, -0.25) is 0 Å². The van der Waals surface area contributed by atoms with E-state index >= 15 is 0 Å². The molecular weight excluding hydrogens is 270 g/mol. The Hall–Kier alpha value is -1.76. The first-order valence-electron chi connectivity index (χ1n) is 5.74. The van der Waals surface area contributed by atoms with Crippen LogP contribution in [0.15, 0.2) is 34.7 Å². The second kappa shape index (κ2) is 6.42. The van der Waals surface area contributed by atoms with Gasteiger partial charge in [0.2, 0.25) is 0 Å². The van der Waals surface area contributed by atoms with E-state index in [1.165, 1.54) is 6.33 Å². The molecule has 0 aromatic carbocycles. The molecule has 1 N–H and O–H groups in total. The smallest absolute Gasteiger partial charge is 0.168 e. The highest BCUT2D eigenvalue weighted by molar-refractivity contribution is 7.99. The third-order valence-corrected chi connectivity index (χ3v) is 3.13. The number of pyridine rings is 1. The summed E-state index contributed by atoms with van der Waals surface area (Å²) in [7, 11) is 0. The molecule has 0 aliphatic rings. The van der Waals surface area contributed by atoms with E-state index in [1.54, 1.807) is 12.3 Å². The summed E-state index contributed by atoms with van der Waals surface area (Å²) in [5.74, 6) is -1.35. The first-order valence-corrected chi connectivity index (χ1v) is 6.56. The minimum Gasteiger partial charge on any atom is -0.368 e. The molecule has 4 nitrogen and oxygen atoms in total. The number of nitrogens with one attached hydrogen (secondary N) is 1. The van der Waals surface area contributed by atoms with Crippen molar-refractivity contribution < 1.29 is 8.78 Å². The summed E-state index contributed by atoms with van der Waals surface area (Å²) < 4.78 is 27.1. The first-order chi connectivity index (χ1) is 9.20. The van der Waals surface area contributed by atoms with E-state index in [0.717, 1.165) is 24.2 Å². The molecule has 2 heterocycles. The minimum atomic E-state index is -0.705. The largest absolute Gasteiger partial charge is 0.368 e. The van der Waals surface area contributed by atoms with Gasteiger partial charge in [0, 0.05) is 18.8 Å². The van der Waals surface area contributed by atoms with Crippen LogP contribution in [-0.4, -0.2) is 21.5 Å². The lowest BCUT2D eigenvalue weighted by Gasteiger charge is -2.08. The van der Waals surface area contributed by atoms with Crippen molar-refractivity contribution >= 4 is 17.6 Å². The van der Waals surface area contributed by atoms with E-state index in [-0.39, 0.29) is 10.8 Å². The highest BCUT2D eigenvalue weighted by Gasteiger charge is 2.13. The Morgan fingerprint density at radius 3 is 2.84 bits per heavy atom. The summed E-state index contributed by atoms with van der Waals surface area (Å²) in [5.41, 5.74) is 0. The summed E-state index contributed by atoms with van der Waals surface area (Å²) >= 11 is 1.03. The Morgan fingerprint density at radius 2 is 2.16 bits per heavy atom. The SMILES string of the molecule is CCCNc1nc(Sc2ccncn2)c(F)cc1F. The minimum absolute atomic E-state index is 0.0554. The van der Waals surface area contributed by atoms with Crippen LogP contribution < -0.4 is 5.32 Å². The molecule has 0 atom stereocenters. The summed E-state index contributed by atoms with van der Waals surface area (Å²) in [4.78, 5) is 11.7. The maximum Gasteiger partial charge on any atom is 0.168 e. The maximum absolute atomic E-state index is 13.6. The molecule has 0 amide bonds. The van der Waals surface area contributed by atoms with E-state index in [0.29, 0.717) is 11.6 Å². The van der Waals surface area contributed by atoms with Crippen molar-refractivity contribution in [2.45, 2.75) is 23.4 Å². The number of halogens is 2. The molecule has 0 saturated heterocycles. The van der Waals surface area contributed by atoms with Crippen molar-refractivity contribution in [2.24, 2.45) is 0 Å². The van der Waals surface area contributed by atoms with Crippen molar-refractivity contribution in [3.8, 4) is 0 Å². The lowest BCUT2D eigenvalue weighted by Crippen LogP contribution is -2.06. The van der Waals surface area contributed by atoms with E-state index in [9.17, 15) is 8.78 Å². The Kier molecular flexibility index (Phi) is 4.62. The third-order valence-electron chi connectivity index (χ3n) is 2.20. The predicted octanol–water partition coefficient (Wildman–Crippen LogP) is 3.12. The number of hydrogen-bond acceptors (Lipinski definition) is 5. The second-order valence-corrected chi connectivity index (χ2v) is 4.69. The Labute approximate surface area is 113 Å². The van der Waals surface area contributed by atoms with Crippen molar-refractivity contribution in [2.75, 3.05) is 11.9 Å². The van der Waals surface area contributed by atoms with Crippen LogP contribution in [0.1, 0.15) is 13.3 Å². The van der Waals surface area contributed by atoms with Crippen LogP contribution in [0.2, 0.25) is 0 Å². The highest BCUT2D eigenvalue weighted by Crippen LogP contribution is 2.28. The summed E-state index contributed by atoms with van der Waals surface area (Å²) in [6, 6.07) is 2.46. The Balaban J connectivity index is 2.24. The van der Waals surface area contributed by atoms with Crippen LogP contribution >= 0.6 is 11.8 Å². The van der Waals surface area contributed by atoms with Gasteiger partial charge in [-0.25, -0.2) is 23.7 Å². The maximum atomic E-state index is 13.6. The van der Waals surface area contributed by atoms with Gasteiger partial charge in [-0.05, 0) is 24.2 Å². The van der Waals surface area contributed by atoms with E-state index in [1.807, 2.05) is 6.92 Å². The molecule has 0 saturated carbocycles. The molecule has 19 heavy (non-hydrogen) atoms.